The maximum absolute atomic E-state index is 14.2. The van der Waals surface area contributed by atoms with Gasteiger partial charge in [0.15, 0.2) is 0 Å². The van der Waals surface area contributed by atoms with Crippen LogP contribution in [0, 0.1) is 5.82 Å². The number of ether oxygens (including phenoxy) is 1. The topological polar surface area (TPSA) is 55.4 Å². The minimum atomic E-state index is -0.587. The fraction of sp³-hybridized carbons (Fsp3) is 0.619. The molecular weight excluding hydrogens is 401 g/mol. The van der Waals surface area contributed by atoms with Crippen molar-refractivity contribution in [2.75, 3.05) is 11.9 Å². The first-order chi connectivity index (χ1) is 13.4. The molecule has 0 fully saturated rings. The zero-order chi connectivity index (χ0) is 20.9. The predicted octanol–water partition coefficient (Wildman–Crippen LogP) is 6.60. The normalized spacial score (nSPS) is 11.9. The first-order valence-electron chi connectivity index (χ1n) is 10.0. The second-order valence-corrected chi connectivity index (χ2v) is 8.34. The number of nitrogens with one attached hydrogen (secondary N) is 1. The van der Waals surface area contributed by atoms with Crippen molar-refractivity contribution >= 4 is 40.9 Å². The van der Waals surface area contributed by atoms with Crippen molar-refractivity contribution in [1.29, 1.82) is 0 Å². The summed E-state index contributed by atoms with van der Waals surface area (Å²) in [5.41, 5.74) is 0.0861. The molecule has 1 amide bonds. The Morgan fingerprint density at radius 2 is 1.86 bits per heavy atom. The second kappa shape index (κ2) is 13.8. The van der Waals surface area contributed by atoms with Crippen LogP contribution in [0.1, 0.15) is 72.1 Å². The molecule has 0 saturated heterocycles. The monoisotopic (exact) mass is 431 g/mol. The maximum Gasteiger partial charge on any atom is 0.319 e. The number of esters is 1. The molecule has 0 aliphatic carbocycles. The van der Waals surface area contributed by atoms with E-state index in [0.717, 1.165) is 38.5 Å². The molecule has 1 rings (SSSR count). The summed E-state index contributed by atoms with van der Waals surface area (Å²) >= 11 is 7.44. The van der Waals surface area contributed by atoms with Crippen LogP contribution in [0.2, 0.25) is 5.02 Å². The zero-order valence-corrected chi connectivity index (χ0v) is 18.6. The minimum Gasteiger partial charge on any atom is -0.465 e. The molecule has 0 aliphatic rings. The Labute approximate surface area is 176 Å². The van der Waals surface area contributed by atoms with Crippen LogP contribution in [0.3, 0.4) is 0 Å². The highest BCUT2D eigenvalue weighted by atomic mass is 35.5. The molecule has 158 valence electrons. The molecule has 0 bridgehead atoms. The molecule has 0 aromatic heterocycles. The molecule has 0 aliphatic heterocycles. The lowest BCUT2D eigenvalue weighted by molar-refractivity contribution is -0.143. The number of unbranched alkanes of at least 4 members (excludes halogenated alkanes) is 3. The number of carbonyl (C=O) groups is 2. The van der Waals surface area contributed by atoms with Gasteiger partial charge >= 0.3 is 5.97 Å². The highest BCUT2D eigenvalue weighted by Gasteiger charge is 2.23. The van der Waals surface area contributed by atoms with E-state index in [1.54, 1.807) is 0 Å². The van der Waals surface area contributed by atoms with Gasteiger partial charge in [-0.25, -0.2) is 4.39 Å². The average molecular weight is 432 g/mol. The van der Waals surface area contributed by atoms with Crippen molar-refractivity contribution in [2.45, 2.75) is 82.3 Å². The number of anilines is 1. The molecule has 1 aromatic rings. The molecule has 0 saturated carbocycles. The van der Waals surface area contributed by atoms with Crippen molar-refractivity contribution in [3.8, 4) is 0 Å². The number of benzene rings is 1. The minimum absolute atomic E-state index is 0.0861. The molecule has 28 heavy (non-hydrogen) atoms. The quantitative estimate of drug-likeness (QED) is 0.217. The lowest BCUT2D eigenvalue weighted by atomic mass is 10.2. The molecule has 0 radical (unpaired) electrons. The van der Waals surface area contributed by atoms with Crippen LogP contribution in [0.4, 0.5) is 10.1 Å². The summed E-state index contributed by atoms with van der Waals surface area (Å²) in [6, 6.07) is 2.68. The summed E-state index contributed by atoms with van der Waals surface area (Å²) in [6.07, 6.45) is 6.28. The van der Waals surface area contributed by atoms with E-state index in [1.165, 1.54) is 23.9 Å². The van der Waals surface area contributed by atoms with Gasteiger partial charge in [-0.3, -0.25) is 9.59 Å². The van der Waals surface area contributed by atoms with E-state index in [1.807, 2.05) is 13.8 Å². The first-order valence-corrected chi connectivity index (χ1v) is 11.3. The SMILES string of the molecule is CCCCCC(=O)Nc1cc(SC(CCC)C(=O)OCCCC)c(Cl)cc1F. The molecule has 1 unspecified atom stereocenters. The smallest absolute Gasteiger partial charge is 0.319 e. The van der Waals surface area contributed by atoms with Gasteiger partial charge in [0.05, 0.1) is 17.3 Å². The van der Waals surface area contributed by atoms with E-state index >= 15 is 0 Å². The van der Waals surface area contributed by atoms with Crippen molar-refractivity contribution in [3.05, 3.63) is 23.0 Å². The van der Waals surface area contributed by atoms with Gasteiger partial charge in [0.2, 0.25) is 5.91 Å². The number of carbonyl (C=O) groups excluding carboxylic acids is 2. The van der Waals surface area contributed by atoms with E-state index in [9.17, 15) is 14.0 Å². The van der Waals surface area contributed by atoms with Crippen molar-refractivity contribution in [1.82, 2.24) is 0 Å². The number of thioether (sulfide) groups is 1. The largest absolute Gasteiger partial charge is 0.465 e. The molecule has 4 nitrogen and oxygen atoms in total. The fourth-order valence-electron chi connectivity index (χ4n) is 2.51. The van der Waals surface area contributed by atoms with Gasteiger partial charge in [-0.05, 0) is 31.4 Å². The van der Waals surface area contributed by atoms with E-state index < -0.39 is 11.1 Å². The van der Waals surface area contributed by atoms with Gasteiger partial charge in [0.1, 0.15) is 11.1 Å². The number of amides is 1. The predicted molar refractivity (Wildman–Crippen MR) is 115 cm³/mol. The molecule has 1 N–H and O–H groups in total. The summed E-state index contributed by atoms with van der Waals surface area (Å²) in [6.45, 7) is 6.47. The molecular formula is C21H31ClFNO3S. The van der Waals surface area contributed by atoms with Gasteiger partial charge < -0.3 is 10.1 Å². The lowest BCUT2D eigenvalue weighted by Crippen LogP contribution is -2.21. The Morgan fingerprint density at radius 3 is 2.50 bits per heavy atom. The highest BCUT2D eigenvalue weighted by molar-refractivity contribution is 8.00. The molecule has 0 spiro atoms. The van der Waals surface area contributed by atoms with Crippen LogP contribution in [0.25, 0.3) is 0 Å². The Bertz CT molecular complexity index is 642. The summed E-state index contributed by atoms with van der Waals surface area (Å²) in [5, 5.41) is 2.41. The van der Waals surface area contributed by atoms with E-state index in [4.69, 9.17) is 16.3 Å². The van der Waals surface area contributed by atoms with E-state index in [0.29, 0.717) is 24.3 Å². The molecule has 0 heterocycles. The summed E-state index contributed by atoms with van der Waals surface area (Å²) in [7, 11) is 0. The number of hydrogen-bond donors (Lipinski definition) is 1. The van der Waals surface area contributed by atoms with Crippen LogP contribution in [0.15, 0.2) is 17.0 Å². The van der Waals surface area contributed by atoms with Crippen molar-refractivity contribution < 1.29 is 18.7 Å². The zero-order valence-electron chi connectivity index (χ0n) is 17.0. The lowest BCUT2D eigenvalue weighted by Gasteiger charge is -2.17. The molecule has 1 aromatic carbocycles. The van der Waals surface area contributed by atoms with Crippen LogP contribution in [-0.2, 0) is 14.3 Å². The van der Waals surface area contributed by atoms with E-state index in [2.05, 4.69) is 12.2 Å². The van der Waals surface area contributed by atoms with Crippen molar-refractivity contribution in [2.24, 2.45) is 0 Å². The molecule has 1 atom stereocenters. The Balaban J connectivity index is 2.86. The standard InChI is InChI=1S/C21H31ClFNO3S/c1-4-7-9-11-20(25)24-17-14-19(15(22)13-16(17)23)28-18(10-6-3)21(26)27-12-8-5-2/h13-14,18H,4-12H2,1-3H3,(H,24,25). The van der Waals surface area contributed by atoms with Crippen LogP contribution in [0.5, 0.6) is 0 Å². The number of hydrogen-bond acceptors (Lipinski definition) is 4. The highest BCUT2D eigenvalue weighted by Crippen LogP contribution is 2.36. The third-order valence-corrected chi connectivity index (χ3v) is 5.86. The fourth-order valence-corrected chi connectivity index (χ4v) is 3.98. The third-order valence-electron chi connectivity index (χ3n) is 4.13. The molecule has 7 heteroatoms. The van der Waals surface area contributed by atoms with Gasteiger partial charge in [0.25, 0.3) is 0 Å². The average Bonchev–Trinajstić information content (AvgIpc) is 2.65. The summed E-state index contributed by atoms with van der Waals surface area (Å²) in [4.78, 5) is 24.9. The van der Waals surface area contributed by atoms with Crippen LogP contribution < -0.4 is 5.32 Å². The van der Waals surface area contributed by atoms with Gasteiger partial charge in [0, 0.05) is 11.3 Å². The summed E-state index contributed by atoms with van der Waals surface area (Å²) in [5.74, 6) is -1.10. The van der Waals surface area contributed by atoms with Crippen LogP contribution >= 0.6 is 23.4 Å². The van der Waals surface area contributed by atoms with Gasteiger partial charge in [-0.1, -0.05) is 58.1 Å². The Morgan fingerprint density at radius 1 is 1.14 bits per heavy atom. The summed E-state index contributed by atoms with van der Waals surface area (Å²) < 4.78 is 19.6. The van der Waals surface area contributed by atoms with Crippen molar-refractivity contribution in [3.63, 3.8) is 0 Å². The van der Waals surface area contributed by atoms with Crippen LogP contribution in [-0.4, -0.2) is 23.7 Å². The van der Waals surface area contributed by atoms with Gasteiger partial charge in [-0.15, -0.1) is 11.8 Å². The maximum atomic E-state index is 14.2. The first kappa shape index (κ1) is 24.8. The Kier molecular flexibility index (Phi) is 12.2. The number of rotatable bonds is 13. The van der Waals surface area contributed by atoms with Gasteiger partial charge in [-0.2, -0.15) is 0 Å². The number of halogens is 2. The second-order valence-electron chi connectivity index (χ2n) is 6.68. The Hall–Kier alpha value is -1.27. The van der Waals surface area contributed by atoms with E-state index in [-0.39, 0.29) is 22.6 Å². The third kappa shape index (κ3) is 8.82.